The van der Waals surface area contributed by atoms with Crippen molar-refractivity contribution in [3.63, 3.8) is 0 Å². The maximum Gasteiger partial charge on any atom is 0.299 e. The van der Waals surface area contributed by atoms with Crippen molar-refractivity contribution in [3.05, 3.63) is 58.6 Å². The SMILES string of the molecule is CS(=O)(=[OH+])c1ccc(Oc2ccc([N+](=O)[O-])cc2)cc1. The van der Waals surface area contributed by atoms with Gasteiger partial charge < -0.3 is 4.74 Å². The van der Waals surface area contributed by atoms with Gasteiger partial charge in [-0.1, -0.05) is 0 Å². The van der Waals surface area contributed by atoms with E-state index < -0.39 is 14.8 Å². The first-order valence-electron chi connectivity index (χ1n) is 5.60. The van der Waals surface area contributed by atoms with E-state index in [0.717, 1.165) is 0 Å². The lowest BCUT2D eigenvalue weighted by molar-refractivity contribution is -0.384. The van der Waals surface area contributed by atoms with Gasteiger partial charge in [0.25, 0.3) is 15.5 Å². The molecule has 0 aliphatic rings. The molecule has 2 rings (SSSR count). The average Bonchev–Trinajstić information content (AvgIpc) is 2.39. The molecule has 0 bridgehead atoms. The third-order valence-electron chi connectivity index (χ3n) is 2.54. The van der Waals surface area contributed by atoms with Crippen LogP contribution in [0.3, 0.4) is 0 Å². The van der Waals surface area contributed by atoms with E-state index in [1.165, 1.54) is 42.7 Å². The molecule has 0 aliphatic heterocycles. The monoisotopic (exact) mass is 294 g/mol. The summed E-state index contributed by atoms with van der Waals surface area (Å²) in [6.07, 6.45) is 1.24. The highest BCUT2D eigenvalue weighted by Gasteiger charge is 2.12. The Balaban J connectivity index is 2.16. The Kier molecular flexibility index (Phi) is 3.71. The van der Waals surface area contributed by atoms with Crippen LogP contribution in [0.25, 0.3) is 0 Å². The fourth-order valence-corrected chi connectivity index (χ4v) is 2.17. The molecule has 0 saturated heterocycles. The van der Waals surface area contributed by atoms with Crippen LogP contribution >= 0.6 is 0 Å². The molecule has 0 spiro atoms. The highest BCUT2D eigenvalue weighted by molar-refractivity contribution is 7.90. The van der Waals surface area contributed by atoms with Gasteiger partial charge in [-0.25, -0.2) is 4.21 Å². The molecule has 1 N–H and O–H groups in total. The molecule has 0 fully saturated rings. The van der Waals surface area contributed by atoms with Crippen molar-refractivity contribution in [2.45, 2.75) is 4.90 Å². The Morgan fingerprint density at radius 1 is 1.05 bits per heavy atom. The minimum absolute atomic E-state index is 0.0151. The van der Waals surface area contributed by atoms with Crippen LogP contribution in [0, 0.1) is 10.1 Å². The van der Waals surface area contributed by atoms with Crippen molar-refractivity contribution in [1.82, 2.24) is 0 Å². The van der Waals surface area contributed by atoms with Crippen molar-refractivity contribution < 1.29 is 18.1 Å². The van der Waals surface area contributed by atoms with E-state index in [1.807, 2.05) is 0 Å². The first kappa shape index (κ1) is 14.0. The maximum atomic E-state index is 11.4. The number of non-ortho nitro benzene ring substituents is 1. The third kappa shape index (κ3) is 3.33. The third-order valence-corrected chi connectivity index (χ3v) is 3.69. The predicted molar refractivity (Wildman–Crippen MR) is 73.9 cm³/mol. The summed E-state index contributed by atoms with van der Waals surface area (Å²) in [5, 5.41) is 10.5. The zero-order chi connectivity index (χ0) is 14.8. The van der Waals surface area contributed by atoms with E-state index in [4.69, 9.17) is 4.74 Å². The van der Waals surface area contributed by atoms with Crippen molar-refractivity contribution in [2.24, 2.45) is 0 Å². The Morgan fingerprint density at radius 3 is 1.90 bits per heavy atom. The number of nitro groups is 1. The summed E-state index contributed by atoms with van der Waals surface area (Å²) in [5.74, 6) is 0.927. The molecule has 7 heteroatoms. The van der Waals surface area contributed by atoms with E-state index in [1.54, 1.807) is 12.1 Å². The molecule has 0 aliphatic carbocycles. The molecule has 1 unspecified atom stereocenters. The number of ether oxygens (including phenoxy) is 1. The van der Waals surface area contributed by atoms with Crippen molar-refractivity contribution in [2.75, 3.05) is 6.26 Å². The Morgan fingerprint density at radius 2 is 1.50 bits per heavy atom. The number of hydrogen-bond donors (Lipinski definition) is 0. The van der Waals surface area contributed by atoms with Crippen molar-refractivity contribution in [1.29, 1.82) is 0 Å². The van der Waals surface area contributed by atoms with Crippen LogP contribution in [0.4, 0.5) is 5.69 Å². The summed E-state index contributed by atoms with van der Waals surface area (Å²) in [5.41, 5.74) is -0.0151. The van der Waals surface area contributed by atoms with Gasteiger partial charge in [-0.2, -0.15) is 4.21 Å². The summed E-state index contributed by atoms with van der Waals surface area (Å²) in [7, 11) is -2.99. The molecule has 2 aromatic rings. The molecule has 0 amide bonds. The molecular weight excluding hydrogens is 282 g/mol. The molecule has 104 valence electrons. The lowest BCUT2D eigenvalue weighted by Crippen LogP contribution is -1.96. The number of hydrogen-bond acceptors (Lipinski definition) is 4. The van der Waals surface area contributed by atoms with Gasteiger partial charge in [-0.05, 0) is 36.4 Å². The summed E-state index contributed by atoms with van der Waals surface area (Å²) in [6.45, 7) is 0. The Bertz CT molecular complexity index is 720. The second-order valence-electron chi connectivity index (χ2n) is 4.13. The van der Waals surface area contributed by atoms with Gasteiger partial charge in [0.2, 0.25) is 0 Å². The Hall–Kier alpha value is -2.41. The number of benzene rings is 2. The molecule has 0 heterocycles. The van der Waals surface area contributed by atoms with Crippen LogP contribution < -0.4 is 4.74 Å². The van der Waals surface area contributed by atoms with E-state index in [9.17, 15) is 18.5 Å². The molecule has 0 aromatic heterocycles. The largest absolute Gasteiger partial charge is 0.457 e. The van der Waals surface area contributed by atoms with Gasteiger partial charge in [0.1, 0.15) is 16.4 Å². The second kappa shape index (κ2) is 5.30. The van der Waals surface area contributed by atoms with Gasteiger partial charge in [0, 0.05) is 12.1 Å². The van der Waals surface area contributed by atoms with Gasteiger partial charge >= 0.3 is 0 Å². The van der Waals surface area contributed by atoms with Crippen LogP contribution in [-0.4, -0.2) is 19.6 Å². The molecule has 20 heavy (non-hydrogen) atoms. The van der Waals surface area contributed by atoms with Crippen molar-refractivity contribution in [3.8, 4) is 11.5 Å². The molecule has 0 saturated carbocycles. The quantitative estimate of drug-likeness (QED) is 0.492. The summed E-state index contributed by atoms with van der Waals surface area (Å²) in [4.78, 5) is 10.3. The highest BCUT2D eigenvalue weighted by atomic mass is 32.2. The summed E-state index contributed by atoms with van der Waals surface area (Å²) in [6, 6.07) is 11.8. The smallest absolute Gasteiger partial charge is 0.299 e. The van der Waals surface area contributed by atoms with E-state index in [-0.39, 0.29) is 5.69 Å². The first-order valence-corrected chi connectivity index (χ1v) is 7.52. The molecule has 1 atom stereocenters. The van der Waals surface area contributed by atoms with Gasteiger partial charge in [-0.3, -0.25) is 10.1 Å². The highest BCUT2D eigenvalue weighted by Crippen LogP contribution is 2.24. The van der Waals surface area contributed by atoms with Crippen molar-refractivity contribution >= 4 is 15.5 Å². The fraction of sp³-hybridized carbons (Fsp3) is 0.0769. The summed E-state index contributed by atoms with van der Waals surface area (Å²) >= 11 is 0. The molecule has 2 aromatic carbocycles. The number of nitrogens with zero attached hydrogens (tertiary/aromatic N) is 1. The number of rotatable bonds is 4. The topological polar surface area (TPSA) is 90.8 Å². The minimum atomic E-state index is -2.99. The van der Waals surface area contributed by atoms with E-state index in [0.29, 0.717) is 16.4 Å². The van der Waals surface area contributed by atoms with Crippen LogP contribution in [0.2, 0.25) is 0 Å². The van der Waals surface area contributed by atoms with E-state index >= 15 is 0 Å². The Labute approximate surface area is 115 Å². The molecule has 0 radical (unpaired) electrons. The maximum absolute atomic E-state index is 11.4. The lowest BCUT2D eigenvalue weighted by Gasteiger charge is -2.05. The van der Waals surface area contributed by atoms with Crippen LogP contribution in [0.15, 0.2) is 53.4 Å². The predicted octanol–water partition coefficient (Wildman–Crippen LogP) is 2.95. The zero-order valence-corrected chi connectivity index (χ0v) is 11.4. The lowest BCUT2D eigenvalue weighted by atomic mass is 10.3. The molecule has 6 nitrogen and oxygen atoms in total. The molecular formula is C13H12NO5S+. The van der Waals surface area contributed by atoms with Crippen LogP contribution in [0.1, 0.15) is 0 Å². The normalized spacial score (nSPS) is 13.4. The van der Waals surface area contributed by atoms with Gasteiger partial charge in [0.15, 0.2) is 0 Å². The minimum Gasteiger partial charge on any atom is -0.457 e. The van der Waals surface area contributed by atoms with Gasteiger partial charge in [-0.15, -0.1) is 0 Å². The van der Waals surface area contributed by atoms with Crippen LogP contribution in [-0.2, 0) is 9.84 Å². The first-order chi connectivity index (χ1) is 9.36. The average molecular weight is 294 g/mol. The zero-order valence-electron chi connectivity index (χ0n) is 10.6. The van der Waals surface area contributed by atoms with Crippen LogP contribution in [0.5, 0.6) is 11.5 Å². The van der Waals surface area contributed by atoms with Gasteiger partial charge in [0.05, 0.1) is 11.2 Å². The number of nitro benzene ring substituents is 1. The van der Waals surface area contributed by atoms with E-state index in [2.05, 4.69) is 0 Å². The fourth-order valence-electron chi connectivity index (χ4n) is 1.53. The standard InChI is InChI=1S/C13H11NO5S/c1-20(17,18)13-8-6-12(7-9-13)19-11-4-2-10(3-5-11)14(15)16/h2-9H,1H3/p+1. The summed E-state index contributed by atoms with van der Waals surface area (Å²) < 4.78 is 26.3. The second-order valence-corrected chi connectivity index (χ2v) is 6.20.